The van der Waals surface area contributed by atoms with Crippen LogP contribution in [-0.4, -0.2) is 129 Å². The molecule has 264 valence electrons. The van der Waals surface area contributed by atoms with E-state index in [0.29, 0.717) is 12.3 Å². The second kappa shape index (κ2) is 12.9. The van der Waals surface area contributed by atoms with Crippen molar-refractivity contribution in [3.05, 3.63) is 11.6 Å². The Morgan fingerprint density at radius 3 is 2.28 bits per heavy atom. The van der Waals surface area contributed by atoms with Crippen molar-refractivity contribution in [1.82, 2.24) is 0 Å². The molecule has 0 aromatic rings. The summed E-state index contributed by atoms with van der Waals surface area (Å²) in [6.45, 7) is 7.55. The summed E-state index contributed by atoms with van der Waals surface area (Å²) >= 11 is 0. The Labute approximate surface area is 271 Å². The van der Waals surface area contributed by atoms with Gasteiger partial charge in [0.2, 0.25) is 0 Å². The predicted molar refractivity (Wildman–Crippen MR) is 163 cm³/mol. The van der Waals surface area contributed by atoms with Crippen LogP contribution in [0, 0.1) is 28.6 Å². The second-order valence-electron chi connectivity index (χ2n) is 15.6. The highest BCUT2D eigenvalue weighted by molar-refractivity contribution is 5.28. The molecule has 2 heterocycles. The Kier molecular flexibility index (Phi) is 9.81. The SMILES string of the molecule is CO[C@@H]1[C@@H](O)[C@H](O[C@H]2CC[C@@]3(C)C(=CC[C@@H]4[C@@H]3CC[C@]3(C)[C@@H](C(C)O)CC[C@]43O)C2)O[C@H](C)[C@@H]1O[C@@H]1O[C@H](CO)[C@@H](O)[C@H](O)[C@H]1O. The zero-order valence-corrected chi connectivity index (χ0v) is 27.8. The van der Waals surface area contributed by atoms with Gasteiger partial charge in [-0.3, -0.25) is 0 Å². The van der Waals surface area contributed by atoms with Crippen LogP contribution >= 0.6 is 0 Å². The standard InChI is InChI=1S/C34H56O12/c1-16(36)20-10-13-34(41)22-7-6-18-14-19(8-11-32(18,3)21(22)9-12-33(20,34)4)44-31-27(40)29(42-5)28(17(2)43-31)46-30-26(39)25(38)24(37)23(15-35)45-30/h6,16-17,19-31,35-41H,7-15H2,1-5H3/t16?,17-,19+,20-,21+,22-,23-,24-,25+,26-,27-,28+,29-,30+,31+,32+,33-,34+/m1/s1. The minimum absolute atomic E-state index is 0.0541. The molecule has 46 heavy (non-hydrogen) atoms. The van der Waals surface area contributed by atoms with Crippen molar-refractivity contribution in [1.29, 1.82) is 0 Å². The third-order valence-electron chi connectivity index (χ3n) is 13.4. The number of methoxy groups -OCH3 is 1. The fourth-order valence-corrected chi connectivity index (χ4v) is 10.6. The van der Waals surface area contributed by atoms with E-state index >= 15 is 0 Å². The van der Waals surface area contributed by atoms with Crippen LogP contribution in [0.2, 0.25) is 0 Å². The Morgan fingerprint density at radius 1 is 0.891 bits per heavy atom. The predicted octanol–water partition coefficient (Wildman–Crippen LogP) is 0.752. The van der Waals surface area contributed by atoms with Crippen molar-refractivity contribution >= 4 is 0 Å². The number of ether oxygens (including phenoxy) is 5. The minimum Gasteiger partial charge on any atom is -0.394 e. The maximum absolute atomic E-state index is 12.3. The number of aliphatic hydroxyl groups is 7. The van der Waals surface area contributed by atoms with Gasteiger partial charge in [-0.05, 0) is 88.4 Å². The molecule has 18 atom stereocenters. The molecule has 6 rings (SSSR count). The highest BCUT2D eigenvalue weighted by Crippen LogP contribution is 2.68. The van der Waals surface area contributed by atoms with E-state index in [1.165, 1.54) is 12.7 Å². The molecule has 12 heteroatoms. The van der Waals surface area contributed by atoms with Crippen LogP contribution in [0.25, 0.3) is 0 Å². The molecular weight excluding hydrogens is 600 g/mol. The summed E-state index contributed by atoms with van der Waals surface area (Å²) in [7, 11) is 1.43. The minimum atomic E-state index is -1.60. The number of hydrogen-bond acceptors (Lipinski definition) is 12. The van der Waals surface area contributed by atoms with Crippen LogP contribution in [0.5, 0.6) is 0 Å². The zero-order chi connectivity index (χ0) is 33.3. The van der Waals surface area contributed by atoms with E-state index in [1.807, 2.05) is 6.92 Å². The van der Waals surface area contributed by atoms with E-state index in [4.69, 9.17) is 23.7 Å². The van der Waals surface area contributed by atoms with Crippen molar-refractivity contribution < 1.29 is 59.4 Å². The Balaban J connectivity index is 1.12. The maximum Gasteiger partial charge on any atom is 0.187 e. The number of aliphatic hydroxyl groups excluding tert-OH is 6. The molecule has 0 aromatic heterocycles. The van der Waals surface area contributed by atoms with Crippen LogP contribution in [0.4, 0.5) is 0 Å². The van der Waals surface area contributed by atoms with Crippen molar-refractivity contribution in [2.45, 2.75) is 158 Å². The van der Waals surface area contributed by atoms with E-state index in [1.54, 1.807) is 6.92 Å². The largest absolute Gasteiger partial charge is 0.394 e. The molecule has 2 saturated heterocycles. The fourth-order valence-electron chi connectivity index (χ4n) is 10.6. The van der Waals surface area contributed by atoms with Crippen molar-refractivity contribution in [2.75, 3.05) is 13.7 Å². The van der Waals surface area contributed by atoms with E-state index in [9.17, 15) is 35.7 Å². The Hall–Kier alpha value is -0.740. The summed E-state index contributed by atoms with van der Waals surface area (Å²) in [6, 6.07) is 0. The number of fused-ring (bicyclic) bond motifs is 5. The Morgan fingerprint density at radius 2 is 1.61 bits per heavy atom. The second-order valence-corrected chi connectivity index (χ2v) is 15.6. The lowest BCUT2D eigenvalue weighted by Gasteiger charge is -2.61. The number of rotatable bonds is 7. The molecule has 0 amide bonds. The van der Waals surface area contributed by atoms with Gasteiger partial charge in [0.1, 0.15) is 42.7 Å². The highest BCUT2D eigenvalue weighted by atomic mass is 16.7. The topological polar surface area (TPSA) is 188 Å². The molecule has 1 unspecified atom stereocenters. The summed E-state index contributed by atoms with van der Waals surface area (Å²) in [6.07, 6.45) is -3.55. The molecule has 6 aliphatic rings. The average Bonchev–Trinajstić information content (AvgIpc) is 3.31. The van der Waals surface area contributed by atoms with Crippen LogP contribution < -0.4 is 0 Å². The van der Waals surface area contributed by atoms with Gasteiger partial charge in [0.15, 0.2) is 12.6 Å². The van der Waals surface area contributed by atoms with Crippen LogP contribution in [-0.2, 0) is 23.7 Å². The van der Waals surface area contributed by atoms with E-state index in [0.717, 1.165) is 44.9 Å². The third kappa shape index (κ3) is 5.43. The van der Waals surface area contributed by atoms with Gasteiger partial charge in [-0.25, -0.2) is 0 Å². The summed E-state index contributed by atoms with van der Waals surface area (Å²) in [5.74, 6) is 0.630. The lowest BCUT2D eigenvalue weighted by atomic mass is 9.45. The molecule has 0 bridgehead atoms. The first-order valence-electron chi connectivity index (χ1n) is 17.3. The van der Waals surface area contributed by atoms with Crippen molar-refractivity contribution in [2.24, 2.45) is 28.6 Å². The zero-order valence-electron chi connectivity index (χ0n) is 27.8. The highest BCUT2D eigenvalue weighted by Gasteiger charge is 2.67. The molecule has 5 fully saturated rings. The van der Waals surface area contributed by atoms with E-state index in [2.05, 4.69) is 19.9 Å². The summed E-state index contributed by atoms with van der Waals surface area (Å²) in [4.78, 5) is 0. The third-order valence-corrected chi connectivity index (χ3v) is 13.4. The van der Waals surface area contributed by atoms with Gasteiger partial charge < -0.3 is 59.4 Å². The van der Waals surface area contributed by atoms with Gasteiger partial charge in [0.25, 0.3) is 0 Å². The van der Waals surface area contributed by atoms with Gasteiger partial charge in [-0.15, -0.1) is 0 Å². The molecular formula is C34H56O12. The first-order chi connectivity index (χ1) is 21.7. The Bertz CT molecular complexity index is 1120. The lowest BCUT2D eigenvalue weighted by Crippen LogP contribution is -2.64. The van der Waals surface area contributed by atoms with Crippen molar-refractivity contribution in [3.63, 3.8) is 0 Å². The van der Waals surface area contributed by atoms with Gasteiger partial charge >= 0.3 is 0 Å². The smallest absolute Gasteiger partial charge is 0.187 e. The number of allylic oxidation sites excluding steroid dienone is 1. The van der Waals surface area contributed by atoms with Crippen LogP contribution in [0.3, 0.4) is 0 Å². The first-order valence-corrected chi connectivity index (χ1v) is 17.3. The lowest BCUT2D eigenvalue weighted by molar-refractivity contribution is -0.361. The quantitative estimate of drug-likeness (QED) is 0.191. The molecule has 12 nitrogen and oxygen atoms in total. The van der Waals surface area contributed by atoms with Gasteiger partial charge in [-0.1, -0.05) is 25.5 Å². The average molecular weight is 657 g/mol. The normalized spacial score (nSPS) is 54.7. The molecule has 3 saturated carbocycles. The molecule has 7 N–H and O–H groups in total. The van der Waals surface area contributed by atoms with Gasteiger partial charge in [0, 0.05) is 12.5 Å². The fraction of sp³-hybridized carbons (Fsp3) is 0.941. The van der Waals surface area contributed by atoms with E-state index < -0.39 is 79.7 Å². The molecule has 4 aliphatic carbocycles. The van der Waals surface area contributed by atoms with Gasteiger partial charge in [0.05, 0.1) is 30.5 Å². The maximum atomic E-state index is 12.3. The number of hydrogen-bond donors (Lipinski definition) is 7. The van der Waals surface area contributed by atoms with Crippen LogP contribution in [0.1, 0.15) is 79.1 Å². The first kappa shape index (κ1) is 35.1. The van der Waals surface area contributed by atoms with Gasteiger partial charge in [-0.2, -0.15) is 0 Å². The monoisotopic (exact) mass is 656 g/mol. The summed E-state index contributed by atoms with van der Waals surface area (Å²) in [5.41, 5.74) is 0.224. The van der Waals surface area contributed by atoms with Crippen molar-refractivity contribution in [3.8, 4) is 0 Å². The molecule has 2 aliphatic heterocycles. The summed E-state index contributed by atoms with van der Waals surface area (Å²) in [5, 5.41) is 74.5. The summed E-state index contributed by atoms with van der Waals surface area (Å²) < 4.78 is 29.7. The van der Waals surface area contributed by atoms with E-state index in [-0.39, 0.29) is 28.8 Å². The molecule has 0 spiro atoms. The van der Waals surface area contributed by atoms with Crippen LogP contribution in [0.15, 0.2) is 11.6 Å². The molecule has 0 radical (unpaired) electrons. The molecule has 0 aromatic carbocycles.